The van der Waals surface area contributed by atoms with E-state index in [4.69, 9.17) is 0 Å². The van der Waals surface area contributed by atoms with Gasteiger partial charge in [-0.2, -0.15) is 0 Å². The van der Waals surface area contributed by atoms with Crippen LogP contribution in [0.4, 0.5) is 0 Å². The molecule has 0 atom stereocenters. The number of nitrogens with zero attached hydrogens (tertiary/aromatic N) is 1. The molecule has 2 heterocycles. The monoisotopic (exact) mass is 263 g/mol. The third kappa shape index (κ3) is 2.38. The highest BCUT2D eigenvalue weighted by Crippen LogP contribution is 2.20. The van der Waals surface area contributed by atoms with Gasteiger partial charge in [-0.15, -0.1) is 0 Å². The van der Waals surface area contributed by atoms with E-state index < -0.39 is 0 Å². The van der Waals surface area contributed by atoms with E-state index in [0.717, 1.165) is 0 Å². The zero-order valence-corrected chi connectivity index (χ0v) is 11.3. The van der Waals surface area contributed by atoms with Crippen LogP contribution >= 0.6 is 0 Å². The lowest BCUT2D eigenvalue weighted by molar-refractivity contribution is -0.123. The number of hydrogen-bond donors (Lipinski definition) is 2. The van der Waals surface area contributed by atoms with Crippen LogP contribution in [0.25, 0.3) is 0 Å². The largest absolute Gasteiger partial charge is 0.354 e. The number of ketones is 1. The molecule has 1 aliphatic rings. The highest BCUT2D eigenvalue weighted by Gasteiger charge is 2.26. The van der Waals surface area contributed by atoms with Crippen LogP contribution in [0.15, 0.2) is 0 Å². The van der Waals surface area contributed by atoms with Crippen LogP contribution in [-0.2, 0) is 4.79 Å². The fourth-order valence-electron chi connectivity index (χ4n) is 2.46. The maximum absolute atomic E-state index is 12.4. The summed E-state index contributed by atoms with van der Waals surface area (Å²) in [6.45, 7) is 6.00. The van der Waals surface area contributed by atoms with E-state index in [1.54, 1.807) is 13.8 Å². The molecule has 2 rings (SSSR count). The second-order valence-electron chi connectivity index (χ2n) is 4.76. The van der Waals surface area contributed by atoms with E-state index in [2.05, 4.69) is 10.3 Å². The van der Waals surface area contributed by atoms with Gasteiger partial charge in [-0.25, -0.2) is 0 Å². The first-order valence-corrected chi connectivity index (χ1v) is 6.18. The number of piperazine rings is 1. The molecule has 1 fully saturated rings. The predicted molar refractivity (Wildman–Crippen MR) is 69.2 cm³/mol. The van der Waals surface area contributed by atoms with Crippen molar-refractivity contribution in [3.63, 3.8) is 0 Å². The fraction of sp³-hybridized carbons (Fsp3) is 0.462. The van der Waals surface area contributed by atoms with Gasteiger partial charge in [0.25, 0.3) is 5.91 Å². The lowest BCUT2D eigenvalue weighted by atomic mass is 10.1. The van der Waals surface area contributed by atoms with E-state index in [0.29, 0.717) is 35.6 Å². The van der Waals surface area contributed by atoms with Gasteiger partial charge in [0.05, 0.1) is 6.54 Å². The smallest absolute Gasteiger partial charge is 0.271 e. The minimum Gasteiger partial charge on any atom is -0.354 e. The van der Waals surface area contributed by atoms with Crippen molar-refractivity contribution < 1.29 is 14.4 Å². The van der Waals surface area contributed by atoms with Crippen molar-refractivity contribution in [1.82, 2.24) is 15.2 Å². The van der Waals surface area contributed by atoms with Crippen molar-refractivity contribution in [3.05, 3.63) is 22.5 Å². The number of rotatable bonds is 2. The quantitative estimate of drug-likeness (QED) is 0.758. The number of Topliss-reactive ketones (excluding diaryl/α,β-unsaturated/α-hetero) is 1. The van der Waals surface area contributed by atoms with Gasteiger partial charge >= 0.3 is 0 Å². The molecule has 1 saturated heterocycles. The number of nitrogens with one attached hydrogen (secondary N) is 2. The van der Waals surface area contributed by atoms with Gasteiger partial charge in [-0.3, -0.25) is 14.4 Å². The molecule has 102 valence electrons. The van der Waals surface area contributed by atoms with Crippen LogP contribution < -0.4 is 5.32 Å². The Bertz CT molecular complexity index is 560. The van der Waals surface area contributed by atoms with Gasteiger partial charge < -0.3 is 15.2 Å². The first-order chi connectivity index (χ1) is 8.91. The Morgan fingerprint density at radius 3 is 2.47 bits per heavy atom. The number of carbonyl (C=O) groups is 3. The van der Waals surface area contributed by atoms with Crippen LogP contribution in [-0.4, -0.2) is 47.1 Å². The fourth-order valence-corrected chi connectivity index (χ4v) is 2.46. The minimum absolute atomic E-state index is 0.0613. The van der Waals surface area contributed by atoms with Gasteiger partial charge in [0.2, 0.25) is 5.91 Å². The van der Waals surface area contributed by atoms with E-state index in [-0.39, 0.29) is 24.1 Å². The number of carbonyl (C=O) groups excluding carboxylic acids is 3. The SMILES string of the molecule is CC(=O)c1c(C)[nH]c(C(=O)N2CCNC(=O)C2)c1C. The lowest BCUT2D eigenvalue weighted by Crippen LogP contribution is -2.50. The molecule has 1 aliphatic heterocycles. The second-order valence-corrected chi connectivity index (χ2v) is 4.76. The van der Waals surface area contributed by atoms with Crippen molar-refractivity contribution in [2.75, 3.05) is 19.6 Å². The number of aromatic amines is 1. The zero-order chi connectivity index (χ0) is 14.2. The zero-order valence-electron chi connectivity index (χ0n) is 11.3. The molecule has 1 aromatic rings. The highest BCUT2D eigenvalue weighted by atomic mass is 16.2. The normalized spacial score (nSPS) is 15.3. The summed E-state index contributed by atoms with van der Waals surface area (Å²) in [5.74, 6) is -0.461. The molecule has 0 radical (unpaired) electrons. The van der Waals surface area contributed by atoms with E-state index in [9.17, 15) is 14.4 Å². The molecular weight excluding hydrogens is 246 g/mol. The summed E-state index contributed by atoms with van der Waals surface area (Å²) in [6, 6.07) is 0. The van der Waals surface area contributed by atoms with E-state index in [1.165, 1.54) is 11.8 Å². The Morgan fingerprint density at radius 2 is 1.95 bits per heavy atom. The number of amides is 2. The summed E-state index contributed by atoms with van der Waals surface area (Å²) in [4.78, 5) is 39.7. The van der Waals surface area contributed by atoms with Crippen molar-refractivity contribution >= 4 is 17.6 Å². The predicted octanol–water partition coefficient (Wildman–Crippen LogP) is 0.406. The molecule has 0 saturated carbocycles. The summed E-state index contributed by atoms with van der Waals surface area (Å²) >= 11 is 0. The molecule has 2 amide bonds. The Hall–Kier alpha value is -2.11. The summed E-state index contributed by atoms with van der Waals surface area (Å²) in [5.41, 5.74) is 2.30. The van der Waals surface area contributed by atoms with Crippen molar-refractivity contribution in [1.29, 1.82) is 0 Å². The Kier molecular flexibility index (Phi) is 3.42. The van der Waals surface area contributed by atoms with E-state index in [1.807, 2.05) is 0 Å². The molecule has 19 heavy (non-hydrogen) atoms. The minimum atomic E-state index is -0.233. The average molecular weight is 263 g/mol. The first kappa shape index (κ1) is 13.3. The Balaban J connectivity index is 2.32. The average Bonchev–Trinajstić information content (AvgIpc) is 2.63. The first-order valence-electron chi connectivity index (χ1n) is 6.18. The molecule has 6 heteroatoms. The van der Waals surface area contributed by atoms with Gasteiger partial charge in [-0.05, 0) is 26.3 Å². The third-order valence-electron chi connectivity index (χ3n) is 3.33. The molecule has 6 nitrogen and oxygen atoms in total. The maximum atomic E-state index is 12.4. The molecule has 0 spiro atoms. The summed E-state index contributed by atoms with van der Waals surface area (Å²) < 4.78 is 0. The second kappa shape index (κ2) is 4.87. The van der Waals surface area contributed by atoms with Gasteiger partial charge in [-0.1, -0.05) is 0 Å². The van der Waals surface area contributed by atoms with Gasteiger partial charge in [0.15, 0.2) is 5.78 Å². The van der Waals surface area contributed by atoms with Gasteiger partial charge in [0.1, 0.15) is 5.69 Å². The summed E-state index contributed by atoms with van der Waals surface area (Å²) in [7, 11) is 0. The number of aryl methyl sites for hydroxylation is 1. The summed E-state index contributed by atoms with van der Waals surface area (Å²) in [5, 5.41) is 2.67. The van der Waals surface area contributed by atoms with E-state index >= 15 is 0 Å². The van der Waals surface area contributed by atoms with Crippen molar-refractivity contribution in [2.24, 2.45) is 0 Å². The molecule has 1 aromatic heterocycles. The molecule has 0 unspecified atom stereocenters. The number of aromatic nitrogens is 1. The molecule has 0 bridgehead atoms. The van der Waals surface area contributed by atoms with Crippen LogP contribution in [0.5, 0.6) is 0 Å². The molecule has 2 N–H and O–H groups in total. The third-order valence-corrected chi connectivity index (χ3v) is 3.33. The summed E-state index contributed by atoms with van der Waals surface area (Å²) in [6.07, 6.45) is 0. The van der Waals surface area contributed by atoms with Crippen molar-refractivity contribution in [3.8, 4) is 0 Å². The number of H-pyrrole nitrogens is 1. The van der Waals surface area contributed by atoms with Crippen molar-refractivity contribution in [2.45, 2.75) is 20.8 Å². The maximum Gasteiger partial charge on any atom is 0.271 e. The van der Waals surface area contributed by atoms with Crippen LogP contribution in [0.1, 0.15) is 39.0 Å². The topological polar surface area (TPSA) is 82.3 Å². The van der Waals surface area contributed by atoms with Gasteiger partial charge in [0, 0.05) is 24.3 Å². The molecular formula is C13H17N3O3. The number of hydrogen-bond acceptors (Lipinski definition) is 3. The Labute approximate surface area is 111 Å². The van der Waals surface area contributed by atoms with Crippen LogP contribution in [0.2, 0.25) is 0 Å². The molecule has 0 aromatic carbocycles. The highest BCUT2D eigenvalue weighted by molar-refractivity contribution is 6.03. The lowest BCUT2D eigenvalue weighted by Gasteiger charge is -2.26. The van der Waals surface area contributed by atoms with Crippen LogP contribution in [0, 0.1) is 13.8 Å². The standard InChI is InChI=1S/C13H17N3O3/c1-7-11(9(3)17)8(2)15-12(7)13(19)16-5-4-14-10(18)6-16/h15H,4-6H2,1-3H3,(H,14,18). The Morgan fingerprint density at radius 1 is 1.26 bits per heavy atom. The molecule has 0 aliphatic carbocycles. The van der Waals surface area contributed by atoms with Crippen LogP contribution in [0.3, 0.4) is 0 Å².